The van der Waals surface area contributed by atoms with Crippen molar-refractivity contribution >= 4 is 5.97 Å². The minimum atomic E-state index is -0.447. The molecule has 0 saturated heterocycles. The smallest absolute Gasteiger partial charge is 0.308 e. The minimum Gasteiger partial charge on any atom is -0.460 e. The summed E-state index contributed by atoms with van der Waals surface area (Å²) in [6, 6.07) is 10.00. The van der Waals surface area contributed by atoms with E-state index in [1.54, 1.807) is 0 Å². The Morgan fingerprint density at radius 1 is 1.24 bits per heavy atom. The van der Waals surface area contributed by atoms with Crippen LogP contribution in [0.5, 0.6) is 0 Å². The zero-order valence-electron chi connectivity index (χ0n) is 13.4. The molecule has 3 N–H and O–H groups in total. The number of nitrogens with one attached hydrogen (secondary N) is 1. The summed E-state index contributed by atoms with van der Waals surface area (Å²) in [7, 11) is 0. The van der Waals surface area contributed by atoms with E-state index in [2.05, 4.69) is 5.32 Å². The van der Waals surface area contributed by atoms with Gasteiger partial charge in [-0.3, -0.25) is 4.79 Å². The molecule has 0 spiro atoms. The van der Waals surface area contributed by atoms with Gasteiger partial charge in [-0.2, -0.15) is 0 Å². The molecular weight excluding hydrogens is 264 g/mol. The Balaban J connectivity index is 2.62. The van der Waals surface area contributed by atoms with Crippen LogP contribution in [0.4, 0.5) is 0 Å². The van der Waals surface area contributed by atoms with Crippen molar-refractivity contribution in [1.29, 1.82) is 0 Å². The zero-order chi connectivity index (χ0) is 15.7. The van der Waals surface area contributed by atoms with Crippen molar-refractivity contribution in [1.82, 2.24) is 5.32 Å². The summed E-state index contributed by atoms with van der Waals surface area (Å²) in [6.07, 6.45) is 2.33. The second kappa shape index (κ2) is 8.80. The molecule has 0 fully saturated rings. The molecule has 4 heteroatoms. The third-order valence-electron chi connectivity index (χ3n) is 3.01. The topological polar surface area (TPSA) is 64.3 Å². The fraction of sp³-hybridized carbons (Fsp3) is 0.588. The van der Waals surface area contributed by atoms with Crippen molar-refractivity contribution in [3.63, 3.8) is 0 Å². The number of hydrogen-bond acceptors (Lipinski definition) is 4. The third kappa shape index (κ3) is 7.83. The second-order valence-corrected chi connectivity index (χ2v) is 6.20. The first-order valence-corrected chi connectivity index (χ1v) is 7.62. The molecule has 1 rings (SSSR count). The average Bonchev–Trinajstić information content (AvgIpc) is 2.41. The number of nitrogens with two attached hydrogens (primary N) is 1. The molecule has 118 valence electrons. The van der Waals surface area contributed by atoms with Gasteiger partial charge in [0.1, 0.15) is 5.60 Å². The number of rotatable bonds is 8. The van der Waals surface area contributed by atoms with Crippen LogP contribution in [-0.2, 0) is 9.53 Å². The first kappa shape index (κ1) is 17.7. The Labute approximate surface area is 128 Å². The fourth-order valence-corrected chi connectivity index (χ4v) is 2.09. The van der Waals surface area contributed by atoms with Crippen molar-refractivity contribution in [2.24, 2.45) is 5.73 Å². The summed E-state index contributed by atoms with van der Waals surface area (Å²) in [6.45, 7) is 7.20. The molecule has 4 nitrogen and oxygen atoms in total. The monoisotopic (exact) mass is 292 g/mol. The maximum absolute atomic E-state index is 12.0. The van der Waals surface area contributed by atoms with Gasteiger partial charge in [0.05, 0.1) is 6.42 Å². The van der Waals surface area contributed by atoms with Gasteiger partial charge in [0, 0.05) is 6.04 Å². The van der Waals surface area contributed by atoms with E-state index in [4.69, 9.17) is 10.5 Å². The standard InChI is InChI=1S/C17H28N2O2/c1-17(2,3)21-16(20)13-15(19-12-8-7-11-18)14-9-5-4-6-10-14/h4-6,9-10,15,19H,7-8,11-13,18H2,1-3H3/t15-/m1/s1. The highest BCUT2D eigenvalue weighted by atomic mass is 16.6. The molecule has 1 aromatic carbocycles. The predicted octanol–water partition coefficient (Wildman–Crippen LogP) is 2.79. The molecule has 0 aliphatic carbocycles. The second-order valence-electron chi connectivity index (χ2n) is 6.20. The molecule has 1 aromatic rings. The van der Waals surface area contributed by atoms with Crippen molar-refractivity contribution in [2.75, 3.05) is 13.1 Å². The quantitative estimate of drug-likeness (QED) is 0.571. The number of ether oxygens (including phenoxy) is 1. The lowest BCUT2D eigenvalue weighted by molar-refractivity contribution is -0.155. The number of hydrogen-bond donors (Lipinski definition) is 2. The van der Waals surface area contributed by atoms with Gasteiger partial charge in [0.15, 0.2) is 0 Å². The van der Waals surface area contributed by atoms with Crippen LogP contribution in [0.25, 0.3) is 0 Å². The van der Waals surface area contributed by atoms with Gasteiger partial charge in [-0.05, 0) is 52.3 Å². The SMILES string of the molecule is CC(C)(C)OC(=O)C[C@@H](NCCCCN)c1ccccc1. The number of unbranched alkanes of at least 4 members (excludes halogenated alkanes) is 1. The summed E-state index contributed by atoms with van der Waals surface area (Å²) in [5, 5.41) is 3.43. The zero-order valence-corrected chi connectivity index (χ0v) is 13.4. The van der Waals surface area contributed by atoms with Crippen LogP contribution in [0, 0.1) is 0 Å². The van der Waals surface area contributed by atoms with Crippen LogP contribution in [0.15, 0.2) is 30.3 Å². The summed E-state index contributed by atoms with van der Waals surface area (Å²) >= 11 is 0. The van der Waals surface area contributed by atoms with Crippen LogP contribution < -0.4 is 11.1 Å². The van der Waals surface area contributed by atoms with Crippen LogP contribution in [0.1, 0.15) is 51.6 Å². The summed E-state index contributed by atoms with van der Waals surface area (Å²) in [5.41, 5.74) is 6.17. The number of carbonyl (C=O) groups is 1. The lowest BCUT2D eigenvalue weighted by atomic mass is 10.0. The van der Waals surface area contributed by atoms with E-state index in [0.717, 1.165) is 24.9 Å². The van der Waals surface area contributed by atoms with Gasteiger partial charge in [-0.25, -0.2) is 0 Å². The van der Waals surface area contributed by atoms with Gasteiger partial charge >= 0.3 is 5.97 Å². The normalized spacial score (nSPS) is 13.0. The van der Waals surface area contributed by atoms with Gasteiger partial charge in [0.25, 0.3) is 0 Å². The third-order valence-corrected chi connectivity index (χ3v) is 3.01. The van der Waals surface area contributed by atoms with E-state index in [0.29, 0.717) is 13.0 Å². The highest BCUT2D eigenvalue weighted by Gasteiger charge is 2.21. The molecule has 0 aliphatic heterocycles. The Hall–Kier alpha value is -1.39. The van der Waals surface area contributed by atoms with Crippen LogP contribution in [0.3, 0.4) is 0 Å². The van der Waals surface area contributed by atoms with E-state index in [1.807, 2.05) is 51.1 Å². The first-order chi connectivity index (χ1) is 9.92. The predicted molar refractivity (Wildman–Crippen MR) is 85.9 cm³/mol. The number of esters is 1. The molecule has 0 aliphatic rings. The van der Waals surface area contributed by atoms with E-state index >= 15 is 0 Å². The molecule has 0 aromatic heterocycles. The summed E-state index contributed by atoms with van der Waals surface area (Å²) in [4.78, 5) is 12.0. The van der Waals surface area contributed by atoms with E-state index in [-0.39, 0.29) is 12.0 Å². The molecule has 0 saturated carbocycles. The van der Waals surface area contributed by atoms with Gasteiger partial charge < -0.3 is 15.8 Å². The van der Waals surface area contributed by atoms with Crippen LogP contribution in [-0.4, -0.2) is 24.7 Å². The van der Waals surface area contributed by atoms with Gasteiger partial charge in [-0.1, -0.05) is 30.3 Å². The molecule has 1 atom stereocenters. The Bertz CT molecular complexity index is 413. The molecule has 0 unspecified atom stereocenters. The van der Waals surface area contributed by atoms with Crippen molar-refractivity contribution in [3.8, 4) is 0 Å². The number of benzene rings is 1. The lowest BCUT2D eigenvalue weighted by Crippen LogP contribution is -2.29. The molecule has 0 bridgehead atoms. The van der Waals surface area contributed by atoms with E-state index in [1.165, 1.54) is 0 Å². The Morgan fingerprint density at radius 2 is 1.90 bits per heavy atom. The number of carbonyl (C=O) groups excluding carboxylic acids is 1. The highest BCUT2D eigenvalue weighted by Crippen LogP contribution is 2.19. The summed E-state index contributed by atoms with van der Waals surface area (Å²) < 4.78 is 5.42. The fourth-order valence-electron chi connectivity index (χ4n) is 2.09. The molecule has 0 radical (unpaired) electrons. The Morgan fingerprint density at radius 3 is 2.48 bits per heavy atom. The minimum absolute atomic E-state index is 0.0150. The van der Waals surface area contributed by atoms with E-state index in [9.17, 15) is 4.79 Å². The first-order valence-electron chi connectivity index (χ1n) is 7.62. The van der Waals surface area contributed by atoms with Crippen LogP contribution >= 0.6 is 0 Å². The van der Waals surface area contributed by atoms with Gasteiger partial charge in [0.2, 0.25) is 0 Å². The molecule has 21 heavy (non-hydrogen) atoms. The van der Waals surface area contributed by atoms with Crippen LogP contribution in [0.2, 0.25) is 0 Å². The van der Waals surface area contributed by atoms with Crippen molar-refractivity contribution < 1.29 is 9.53 Å². The van der Waals surface area contributed by atoms with Gasteiger partial charge in [-0.15, -0.1) is 0 Å². The maximum atomic E-state index is 12.0. The van der Waals surface area contributed by atoms with Crippen molar-refractivity contribution in [3.05, 3.63) is 35.9 Å². The summed E-state index contributed by atoms with van der Waals surface area (Å²) in [5.74, 6) is -0.178. The van der Waals surface area contributed by atoms with Crippen molar-refractivity contribution in [2.45, 2.75) is 51.7 Å². The highest BCUT2D eigenvalue weighted by molar-refractivity contribution is 5.71. The Kier molecular flexibility index (Phi) is 7.40. The average molecular weight is 292 g/mol. The largest absolute Gasteiger partial charge is 0.460 e. The molecule has 0 heterocycles. The lowest BCUT2D eigenvalue weighted by Gasteiger charge is -2.23. The molecule has 0 amide bonds. The molecular formula is C17H28N2O2. The van der Waals surface area contributed by atoms with E-state index < -0.39 is 5.60 Å². The maximum Gasteiger partial charge on any atom is 0.308 e.